The van der Waals surface area contributed by atoms with E-state index in [2.05, 4.69) is 17.2 Å². The Morgan fingerprint density at radius 2 is 2.00 bits per heavy atom. The summed E-state index contributed by atoms with van der Waals surface area (Å²) in [5.74, 6) is -1.04. The standard InChI is InChI=1S/C24H30N2O5S/c1-4-5-6-11-29-13-18-12-24(20(27)30-18)15-23(3,31-21(24)28)19-14-32-22(26-19)25-17-9-7-16(2)8-10-17/h7-10,14,18H,4-6,11-13,15H2,1-3H3,(H,25,26)/t18-,23+,24-/m0/s1. The molecule has 8 heteroatoms. The minimum absolute atomic E-state index is 0.220. The van der Waals surface area contributed by atoms with E-state index >= 15 is 0 Å². The van der Waals surface area contributed by atoms with E-state index in [-0.39, 0.29) is 12.8 Å². The SMILES string of the molecule is CCCCCOC[C@@H]1C[C@]2(C[C@](C)(c3csc(Nc4ccc(C)cc4)n3)OC2=O)C(=O)O1. The number of nitrogens with zero attached hydrogens (tertiary/aromatic N) is 1. The van der Waals surface area contributed by atoms with Gasteiger partial charge in [-0.3, -0.25) is 9.59 Å². The summed E-state index contributed by atoms with van der Waals surface area (Å²) in [6.07, 6.45) is 3.28. The Balaban J connectivity index is 1.41. The molecule has 172 valence electrons. The summed E-state index contributed by atoms with van der Waals surface area (Å²) in [4.78, 5) is 30.3. The molecule has 2 aliphatic rings. The Morgan fingerprint density at radius 3 is 2.75 bits per heavy atom. The lowest BCUT2D eigenvalue weighted by Gasteiger charge is -2.20. The zero-order valence-electron chi connectivity index (χ0n) is 18.8. The molecule has 0 saturated carbocycles. The van der Waals surface area contributed by atoms with Gasteiger partial charge in [-0.05, 0) is 32.4 Å². The van der Waals surface area contributed by atoms with Gasteiger partial charge in [-0.25, -0.2) is 4.98 Å². The van der Waals surface area contributed by atoms with Gasteiger partial charge in [0, 0.05) is 30.5 Å². The van der Waals surface area contributed by atoms with Gasteiger partial charge in [0.2, 0.25) is 0 Å². The van der Waals surface area contributed by atoms with Crippen LogP contribution in [0.15, 0.2) is 29.6 Å². The second-order valence-corrected chi connectivity index (χ2v) is 9.78. The summed E-state index contributed by atoms with van der Waals surface area (Å²) in [6, 6.07) is 8.02. The number of aryl methyl sites for hydroxylation is 1. The number of hydrogen-bond acceptors (Lipinski definition) is 8. The summed E-state index contributed by atoms with van der Waals surface area (Å²) >= 11 is 1.44. The fraction of sp³-hybridized carbons (Fsp3) is 0.542. The van der Waals surface area contributed by atoms with Crippen molar-refractivity contribution in [2.24, 2.45) is 5.41 Å². The second kappa shape index (κ2) is 9.19. The van der Waals surface area contributed by atoms with Crippen LogP contribution in [-0.2, 0) is 29.4 Å². The lowest BCUT2D eigenvalue weighted by Crippen LogP contribution is -2.32. The molecule has 2 fully saturated rings. The summed E-state index contributed by atoms with van der Waals surface area (Å²) in [6.45, 7) is 6.92. The van der Waals surface area contributed by atoms with Gasteiger partial charge in [-0.15, -0.1) is 11.3 Å². The van der Waals surface area contributed by atoms with Crippen LogP contribution in [0.4, 0.5) is 10.8 Å². The number of thiazole rings is 1. The van der Waals surface area contributed by atoms with Gasteiger partial charge in [0.15, 0.2) is 16.1 Å². The quantitative estimate of drug-likeness (QED) is 0.326. The normalized spacial score (nSPS) is 27.0. The van der Waals surface area contributed by atoms with Crippen molar-refractivity contribution >= 4 is 34.1 Å². The first-order chi connectivity index (χ1) is 15.3. The number of rotatable bonds is 9. The second-order valence-electron chi connectivity index (χ2n) is 8.92. The largest absolute Gasteiger partial charge is 0.459 e. The zero-order valence-corrected chi connectivity index (χ0v) is 19.6. The number of carbonyl (C=O) groups excluding carboxylic acids is 2. The Hall–Kier alpha value is -2.45. The molecule has 2 aliphatic heterocycles. The molecule has 0 amide bonds. The highest BCUT2D eigenvalue weighted by molar-refractivity contribution is 7.13. The van der Waals surface area contributed by atoms with Gasteiger partial charge >= 0.3 is 11.9 Å². The van der Waals surface area contributed by atoms with Crippen molar-refractivity contribution < 1.29 is 23.8 Å². The lowest BCUT2D eigenvalue weighted by atomic mass is 9.78. The minimum atomic E-state index is -1.28. The lowest BCUT2D eigenvalue weighted by molar-refractivity contribution is -0.160. The highest BCUT2D eigenvalue weighted by atomic mass is 32.1. The van der Waals surface area contributed by atoms with Crippen molar-refractivity contribution in [3.63, 3.8) is 0 Å². The van der Waals surface area contributed by atoms with E-state index in [9.17, 15) is 9.59 Å². The Labute approximate surface area is 192 Å². The van der Waals surface area contributed by atoms with E-state index in [4.69, 9.17) is 14.2 Å². The maximum atomic E-state index is 12.9. The predicted octanol–water partition coefficient (Wildman–Crippen LogP) is 4.87. The molecule has 0 radical (unpaired) electrons. The third kappa shape index (κ3) is 4.52. The fourth-order valence-corrected chi connectivity index (χ4v) is 5.17. The molecule has 3 heterocycles. The molecule has 1 spiro atoms. The molecular weight excluding hydrogens is 428 g/mol. The Bertz CT molecular complexity index is 975. The van der Waals surface area contributed by atoms with E-state index in [1.807, 2.05) is 43.5 Å². The minimum Gasteiger partial charge on any atom is -0.459 e. The zero-order chi connectivity index (χ0) is 22.8. The number of hydrogen-bond donors (Lipinski definition) is 1. The van der Waals surface area contributed by atoms with Crippen LogP contribution in [-0.4, -0.2) is 36.2 Å². The third-order valence-corrected chi connectivity index (χ3v) is 6.89. The number of esters is 2. The van der Waals surface area contributed by atoms with Crippen LogP contribution >= 0.6 is 11.3 Å². The molecule has 0 unspecified atom stereocenters. The monoisotopic (exact) mass is 458 g/mol. The summed E-state index contributed by atoms with van der Waals surface area (Å²) < 4.78 is 16.9. The van der Waals surface area contributed by atoms with Crippen LogP contribution in [0.5, 0.6) is 0 Å². The first-order valence-corrected chi connectivity index (χ1v) is 12.0. The molecule has 4 rings (SSSR count). The maximum Gasteiger partial charge on any atom is 0.324 e. The van der Waals surface area contributed by atoms with Gasteiger partial charge in [0.1, 0.15) is 6.10 Å². The van der Waals surface area contributed by atoms with Crippen molar-refractivity contribution in [3.05, 3.63) is 40.9 Å². The van der Waals surface area contributed by atoms with Crippen LogP contribution in [0.3, 0.4) is 0 Å². The highest BCUT2D eigenvalue weighted by Gasteiger charge is 2.65. The molecule has 0 bridgehead atoms. The number of benzene rings is 1. The van der Waals surface area contributed by atoms with E-state index < -0.39 is 29.1 Å². The molecule has 1 aromatic carbocycles. The predicted molar refractivity (Wildman–Crippen MR) is 122 cm³/mol. The number of anilines is 2. The Kier molecular flexibility index (Phi) is 6.53. The van der Waals surface area contributed by atoms with Gasteiger partial charge in [0.25, 0.3) is 0 Å². The maximum absolute atomic E-state index is 12.9. The van der Waals surface area contributed by atoms with E-state index in [0.29, 0.717) is 24.0 Å². The third-order valence-electron chi connectivity index (χ3n) is 6.13. The number of nitrogens with one attached hydrogen (secondary N) is 1. The molecule has 32 heavy (non-hydrogen) atoms. The number of carbonyl (C=O) groups is 2. The van der Waals surface area contributed by atoms with Crippen molar-refractivity contribution in [1.82, 2.24) is 4.98 Å². The van der Waals surface area contributed by atoms with Crippen LogP contribution in [0.1, 0.15) is 57.2 Å². The van der Waals surface area contributed by atoms with E-state index in [1.165, 1.54) is 16.9 Å². The number of ether oxygens (including phenoxy) is 3. The van der Waals surface area contributed by atoms with E-state index in [1.54, 1.807) is 0 Å². The molecule has 1 N–H and O–H groups in total. The molecule has 0 aliphatic carbocycles. The van der Waals surface area contributed by atoms with Crippen molar-refractivity contribution in [1.29, 1.82) is 0 Å². The molecule has 2 aromatic rings. The van der Waals surface area contributed by atoms with Crippen LogP contribution in [0.25, 0.3) is 0 Å². The van der Waals surface area contributed by atoms with Crippen molar-refractivity contribution in [2.45, 2.75) is 64.6 Å². The smallest absolute Gasteiger partial charge is 0.324 e. The molecule has 1 aromatic heterocycles. The molecular formula is C24H30N2O5S. The van der Waals surface area contributed by atoms with Gasteiger partial charge in [-0.2, -0.15) is 0 Å². The first kappa shape index (κ1) is 22.7. The molecule has 7 nitrogen and oxygen atoms in total. The Morgan fingerprint density at radius 1 is 1.22 bits per heavy atom. The van der Waals surface area contributed by atoms with Crippen LogP contribution < -0.4 is 5.32 Å². The van der Waals surface area contributed by atoms with Gasteiger partial charge in [-0.1, -0.05) is 37.5 Å². The van der Waals surface area contributed by atoms with Crippen molar-refractivity contribution in [2.75, 3.05) is 18.5 Å². The molecule has 3 atom stereocenters. The van der Waals surface area contributed by atoms with Crippen molar-refractivity contribution in [3.8, 4) is 0 Å². The van der Waals surface area contributed by atoms with Crippen LogP contribution in [0.2, 0.25) is 0 Å². The van der Waals surface area contributed by atoms with E-state index in [0.717, 1.165) is 24.9 Å². The number of unbranched alkanes of at least 4 members (excludes halogenated alkanes) is 2. The van der Waals surface area contributed by atoms with Gasteiger partial charge < -0.3 is 19.5 Å². The number of aromatic nitrogens is 1. The summed E-state index contributed by atoms with van der Waals surface area (Å²) in [7, 11) is 0. The summed E-state index contributed by atoms with van der Waals surface area (Å²) in [5.41, 5.74) is 0.494. The van der Waals surface area contributed by atoms with Gasteiger partial charge in [0.05, 0.1) is 12.3 Å². The first-order valence-electron chi connectivity index (χ1n) is 11.2. The summed E-state index contributed by atoms with van der Waals surface area (Å²) in [5, 5.41) is 5.85. The number of cyclic esters (lactones) is 2. The topological polar surface area (TPSA) is 86.8 Å². The molecule has 2 saturated heterocycles. The van der Waals surface area contributed by atoms with Crippen LogP contribution in [0, 0.1) is 12.3 Å². The fourth-order valence-electron chi connectivity index (χ4n) is 4.31. The average Bonchev–Trinajstić information content (AvgIpc) is 3.42. The highest BCUT2D eigenvalue weighted by Crippen LogP contribution is 2.52. The average molecular weight is 459 g/mol.